The first kappa shape index (κ1) is 34.2. The van der Waals surface area contributed by atoms with Crippen molar-refractivity contribution in [2.45, 2.75) is 10.8 Å². The van der Waals surface area contributed by atoms with Gasteiger partial charge < -0.3 is 4.74 Å². The summed E-state index contributed by atoms with van der Waals surface area (Å²) in [4.78, 5) is 0. The van der Waals surface area contributed by atoms with E-state index >= 15 is 0 Å². The molecule has 0 N–H and O–H groups in total. The van der Waals surface area contributed by atoms with E-state index in [2.05, 4.69) is 231 Å². The molecule has 284 valence electrons. The Balaban J connectivity index is 0.964. The molecule has 0 fully saturated rings. The van der Waals surface area contributed by atoms with Gasteiger partial charge >= 0.3 is 0 Å². The fourth-order valence-corrected chi connectivity index (χ4v) is 11.3. The Labute approximate surface area is 355 Å². The molecule has 61 heavy (non-hydrogen) atoms. The fraction of sp³-hybridized carbons (Fsp3) is 0.0333. The van der Waals surface area contributed by atoms with Gasteiger partial charge in [0.2, 0.25) is 0 Å². The van der Waals surface area contributed by atoms with Crippen LogP contribution in [0, 0.1) is 0 Å². The van der Waals surface area contributed by atoms with Crippen molar-refractivity contribution in [3.05, 3.63) is 275 Å². The summed E-state index contributed by atoms with van der Waals surface area (Å²) in [5.74, 6) is 1.76. The number of hydrogen-bond donors (Lipinski definition) is 0. The third kappa shape index (κ3) is 4.61. The van der Waals surface area contributed by atoms with E-state index in [4.69, 9.17) is 4.74 Å². The normalized spacial score (nSPS) is 15.9. The standard InChI is InChI=1S/C60H38O/c1-3-17-44(18-4-1)59(45-19-5-2-6-20-45)52-26-11-12-28-56(52)61-57-36-34-43(38-55(57)59)40-31-29-39(30-32-40)42-33-35-48-46-21-7-9-24-50(46)60(54(48)37-42)51-25-10-8-22-47(51)49-23-13-15-41-16-14-27-53(60)58(41)49/h1-38H. The van der Waals surface area contributed by atoms with Crippen LogP contribution < -0.4 is 4.74 Å². The van der Waals surface area contributed by atoms with Crippen molar-refractivity contribution in [1.82, 2.24) is 0 Å². The molecule has 1 spiro atoms. The summed E-state index contributed by atoms with van der Waals surface area (Å²) in [6.07, 6.45) is 0. The van der Waals surface area contributed by atoms with Crippen LogP contribution in [0.2, 0.25) is 0 Å². The third-order valence-electron chi connectivity index (χ3n) is 13.8. The average Bonchev–Trinajstić information content (AvgIpc) is 3.63. The van der Waals surface area contributed by atoms with Crippen molar-refractivity contribution in [2.75, 3.05) is 0 Å². The molecule has 1 heteroatoms. The van der Waals surface area contributed by atoms with Gasteiger partial charge in [0.1, 0.15) is 11.5 Å². The summed E-state index contributed by atoms with van der Waals surface area (Å²) in [6.45, 7) is 0. The van der Waals surface area contributed by atoms with Crippen LogP contribution in [-0.4, -0.2) is 0 Å². The lowest BCUT2D eigenvalue weighted by Crippen LogP contribution is -2.34. The van der Waals surface area contributed by atoms with Crippen LogP contribution in [-0.2, 0) is 10.8 Å². The van der Waals surface area contributed by atoms with Crippen LogP contribution in [0.15, 0.2) is 231 Å². The maximum atomic E-state index is 6.71. The van der Waals surface area contributed by atoms with Crippen LogP contribution in [0.25, 0.3) is 55.3 Å². The largest absolute Gasteiger partial charge is 0.457 e. The SMILES string of the molecule is c1ccc(C2(c3ccccc3)c3ccccc3Oc3ccc(-c4ccc(-c5ccc6c(c5)C5(c7ccccc7-6)c6ccccc6-c6cccc7cccc5c67)cc4)cc32)cc1. The molecule has 10 aromatic carbocycles. The monoisotopic (exact) mass is 774 g/mol. The molecule has 1 unspecified atom stereocenters. The molecular formula is C60H38O. The van der Waals surface area contributed by atoms with Gasteiger partial charge in [0, 0.05) is 11.1 Å². The average molecular weight is 775 g/mol. The molecule has 0 saturated carbocycles. The molecule has 0 saturated heterocycles. The van der Waals surface area contributed by atoms with Gasteiger partial charge in [-0.3, -0.25) is 0 Å². The van der Waals surface area contributed by atoms with Gasteiger partial charge in [-0.1, -0.05) is 206 Å². The molecule has 1 nitrogen and oxygen atoms in total. The smallest absolute Gasteiger partial charge is 0.132 e. The molecular weight excluding hydrogens is 737 g/mol. The lowest BCUT2D eigenvalue weighted by Gasteiger charge is -2.41. The highest BCUT2D eigenvalue weighted by Gasteiger charge is 2.50. The quantitative estimate of drug-likeness (QED) is 0.173. The first-order valence-corrected chi connectivity index (χ1v) is 21.2. The van der Waals surface area contributed by atoms with E-state index in [0.717, 1.165) is 33.8 Å². The van der Waals surface area contributed by atoms with Gasteiger partial charge in [0.15, 0.2) is 0 Å². The second-order valence-corrected chi connectivity index (χ2v) is 16.7. The van der Waals surface area contributed by atoms with Crippen molar-refractivity contribution in [2.24, 2.45) is 0 Å². The Morgan fingerprint density at radius 3 is 1.39 bits per heavy atom. The maximum absolute atomic E-state index is 6.71. The number of rotatable bonds is 4. The van der Waals surface area contributed by atoms with E-state index in [0.29, 0.717) is 0 Å². The predicted octanol–water partition coefficient (Wildman–Crippen LogP) is 15.0. The maximum Gasteiger partial charge on any atom is 0.132 e. The highest BCUT2D eigenvalue weighted by atomic mass is 16.5. The topological polar surface area (TPSA) is 9.23 Å². The summed E-state index contributed by atoms with van der Waals surface area (Å²) in [6, 6.07) is 85.2. The van der Waals surface area contributed by atoms with Crippen LogP contribution in [0.5, 0.6) is 11.5 Å². The molecule has 0 radical (unpaired) electrons. The van der Waals surface area contributed by atoms with Crippen molar-refractivity contribution >= 4 is 10.8 Å². The van der Waals surface area contributed by atoms with Crippen LogP contribution in [0.4, 0.5) is 0 Å². The number of fused-ring (bicyclic) bond motifs is 11. The van der Waals surface area contributed by atoms with Gasteiger partial charge in [-0.2, -0.15) is 0 Å². The van der Waals surface area contributed by atoms with Crippen LogP contribution in [0.1, 0.15) is 44.5 Å². The molecule has 0 amide bonds. The lowest BCUT2D eigenvalue weighted by atomic mass is 9.61. The van der Waals surface area contributed by atoms with E-state index in [1.165, 1.54) is 77.5 Å². The predicted molar refractivity (Wildman–Crippen MR) is 250 cm³/mol. The van der Waals surface area contributed by atoms with E-state index in [-0.39, 0.29) is 0 Å². The molecule has 10 aromatic rings. The first-order valence-electron chi connectivity index (χ1n) is 21.2. The van der Waals surface area contributed by atoms with Gasteiger partial charge in [0.05, 0.1) is 10.8 Å². The molecule has 13 rings (SSSR count). The Morgan fingerprint density at radius 2 is 0.721 bits per heavy atom. The van der Waals surface area contributed by atoms with Crippen LogP contribution >= 0.6 is 0 Å². The van der Waals surface area contributed by atoms with E-state index in [1.54, 1.807) is 0 Å². The first-order chi connectivity index (χ1) is 30.2. The minimum Gasteiger partial charge on any atom is -0.457 e. The van der Waals surface area contributed by atoms with E-state index in [9.17, 15) is 0 Å². The van der Waals surface area contributed by atoms with Gasteiger partial charge in [-0.15, -0.1) is 0 Å². The Morgan fingerprint density at radius 1 is 0.262 bits per heavy atom. The second kappa shape index (κ2) is 12.9. The number of benzene rings is 10. The van der Waals surface area contributed by atoms with E-state index in [1.807, 2.05) is 0 Å². The molecule has 3 aliphatic rings. The zero-order valence-electron chi connectivity index (χ0n) is 33.3. The van der Waals surface area contributed by atoms with E-state index < -0.39 is 10.8 Å². The Kier molecular flexibility index (Phi) is 7.21. The Hall–Kier alpha value is -7.74. The summed E-state index contributed by atoms with van der Waals surface area (Å²) in [5.41, 5.74) is 19.1. The second-order valence-electron chi connectivity index (χ2n) is 16.7. The van der Waals surface area contributed by atoms with Crippen molar-refractivity contribution in [3.63, 3.8) is 0 Å². The number of hydrogen-bond acceptors (Lipinski definition) is 1. The summed E-state index contributed by atoms with van der Waals surface area (Å²) < 4.78 is 6.71. The van der Waals surface area contributed by atoms with Crippen molar-refractivity contribution < 1.29 is 4.74 Å². The van der Waals surface area contributed by atoms with Gasteiger partial charge in [0.25, 0.3) is 0 Å². The fourth-order valence-electron chi connectivity index (χ4n) is 11.3. The summed E-state index contributed by atoms with van der Waals surface area (Å²) in [5, 5.41) is 2.63. The summed E-state index contributed by atoms with van der Waals surface area (Å²) >= 11 is 0. The molecule has 0 aromatic heterocycles. The zero-order chi connectivity index (χ0) is 40.1. The minimum atomic E-state index is -0.566. The van der Waals surface area contributed by atoms with Gasteiger partial charge in [-0.05, 0) is 113 Å². The number of para-hydroxylation sites is 1. The van der Waals surface area contributed by atoms with Crippen LogP contribution in [0.3, 0.4) is 0 Å². The lowest BCUT2D eigenvalue weighted by molar-refractivity contribution is 0.434. The molecule has 0 bridgehead atoms. The molecule has 1 atom stereocenters. The number of ether oxygens (including phenoxy) is 1. The third-order valence-corrected chi connectivity index (χ3v) is 13.8. The molecule has 1 heterocycles. The highest BCUT2D eigenvalue weighted by Crippen LogP contribution is 2.62. The van der Waals surface area contributed by atoms with Gasteiger partial charge in [-0.25, -0.2) is 0 Å². The Bertz CT molecular complexity index is 3330. The summed E-state index contributed by atoms with van der Waals surface area (Å²) in [7, 11) is 0. The van der Waals surface area contributed by atoms with Crippen molar-refractivity contribution in [3.8, 4) is 56.0 Å². The molecule has 1 aliphatic heterocycles. The minimum absolute atomic E-state index is 0.444. The molecule has 2 aliphatic carbocycles. The zero-order valence-corrected chi connectivity index (χ0v) is 33.3. The van der Waals surface area contributed by atoms with Crippen molar-refractivity contribution in [1.29, 1.82) is 0 Å². The highest BCUT2D eigenvalue weighted by molar-refractivity contribution is 6.07.